The summed E-state index contributed by atoms with van der Waals surface area (Å²) in [4.78, 5) is 26.0. The molecule has 0 aromatic carbocycles. The minimum absolute atomic E-state index is 0.131. The Balaban J connectivity index is 2.61. The molecule has 0 bridgehead atoms. The van der Waals surface area contributed by atoms with Crippen molar-refractivity contribution < 1.29 is 14.3 Å². The first-order valence-corrected chi connectivity index (χ1v) is 7.50. The van der Waals surface area contributed by atoms with Crippen molar-refractivity contribution in [3.63, 3.8) is 0 Å². The number of nitrogens with zero attached hydrogens (tertiary/aromatic N) is 1. The number of carbonyl (C=O) groups is 2. The Labute approximate surface area is 116 Å². The predicted molar refractivity (Wildman–Crippen MR) is 74.6 cm³/mol. The number of carbonyl (C=O) groups excluding carboxylic acids is 2. The van der Waals surface area contributed by atoms with Crippen molar-refractivity contribution in [2.24, 2.45) is 11.8 Å². The molecule has 0 aromatic rings. The van der Waals surface area contributed by atoms with E-state index in [0.717, 1.165) is 45.1 Å². The van der Waals surface area contributed by atoms with E-state index in [9.17, 15) is 9.59 Å². The van der Waals surface area contributed by atoms with Crippen LogP contribution in [0.2, 0.25) is 0 Å². The summed E-state index contributed by atoms with van der Waals surface area (Å²) < 4.78 is 4.80. The summed E-state index contributed by atoms with van der Waals surface area (Å²) in [5.74, 6) is 0.0512. The Morgan fingerprint density at radius 3 is 2.42 bits per heavy atom. The van der Waals surface area contributed by atoms with Gasteiger partial charge < -0.3 is 9.64 Å². The molecular formula is C15H27NO3. The van der Waals surface area contributed by atoms with E-state index in [1.165, 1.54) is 7.11 Å². The third kappa shape index (κ3) is 4.51. The zero-order valence-corrected chi connectivity index (χ0v) is 12.5. The van der Waals surface area contributed by atoms with Crippen molar-refractivity contribution in [3.05, 3.63) is 0 Å². The number of hydrogen-bond acceptors (Lipinski definition) is 3. The summed E-state index contributed by atoms with van der Waals surface area (Å²) in [5.41, 5.74) is 0. The highest BCUT2D eigenvalue weighted by atomic mass is 16.5. The number of likely N-dealkylation sites (tertiary alicyclic amines) is 1. The molecule has 1 atom stereocenters. The van der Waals surface area contributed by atoms with Crippen LogP contribution in [0.3, 0.4) is 0 Å². The fourth-order valence-corrected chi connectivity index (χ4v) is 2.88. The topological polar surface area (TPSA) is 46.6 Å². The minimum Gasteiger partial charge on any atom is -0.469 e. The predicted octanol–water partition coefficient (Wildman–Crippen LogP) is 2.61. The van der Waals surface area contributed by atoms with Crippen molar-refractivity contribution in [1.82, 2.24) is 4.90 Å². The van der Waals surface area contributed by atoms with Crippen LogP contribution in [0.1, 0.15) is 52.4 Å². The maximum absolute atomic E-state index is 12.5. The summed E-state index contributed by atoms with van der Waals surface area (Å²) in [6.07, 6.45) is 5.70. The summed E-state index contributed by atoms with van der Waals surface area (Å²) in [6.45, 7) is 5.55. The van der Waals surface area contributed by atoms with Gasteiger partial charge >= 0.3 is 5.97 Å². The lowest BCUT2D eigenvalue weighted by Crippen LogP contribution is -2.45. The van der Waals surface area contributed by atoms with Gasteiger partial charge in [0.1, 0.15) is 0 Å². The Kier molecular flexibility index (Phi) is 6.89. The van der Waals surface area contributed by atoms with Gasteiger partial charge in [-0.25, -0.2) is 0 Å². The monoisotopic (exact) mass is 269 g/mol. The molecule has 0 aromatic heterocycles. The molecule has 1 aliphatic heterocycles. The molecular weight excluding hydrogens is 242 g/mol. The quantitative estimate of drug-likeness (QED) is 0.696. The highest BCUT2D eigenvalue weighted by Gasteiger charge is 2.31. The second-order valence-electron chi connectivity index (χ2n) is 5.42. The summed E-state index contributed by atoms with van der Waals surface area (Å²) in [7, 11) is 1.42. The molecule has 1 unspecified atom stereocenters. The van der Waals surface area contributed by atoms with Gasteiger partial charge in [0.25, 0.3) is 0 Å². The van der Waals surface area contributed by atoms with E-state index in [4.69, 9.17) is 4.74 Å². The van der Waals surface area contributed by atoms with E-state index in [-0.39, 0.29) is 23.7 Å². The van der Waals surface area contributed by atoms with E-state index < -0.39 is 0 Å². The van der Waals surface area contributed by atoms with Gasteiger partial charge in [-0.3, -0.25) is 9.59 Å². The number of hydrogen-bond donors (Lipinski definition) is 0. The average molecular weight is 269 g/mol. The Morgan fingerprint density at radius 1 is 1.26 bits per heavy atom. The minimum atomic E-state index is -0.181. The van der Waals surface area contributed by atoms with Crippen LogP contribution in [0.5, 0.6) is 0 Å². The van der Waals surface area contributed by atoms with E-state index in [0.29, 0.717) is 6.54 Å². The second kappa shape index (κ2) is 8.18. The maximum Gasteiger partial charge on any atom is 0.310 e. The van der Waals surface area contributed by atoms with Crippen LogP contribution in [0.25, 0.3) is 0 Å². The lowest BCUT2D eigenvalue weighted by Gasteiger charge is -2.33. The highest BCUT2D eigenvalue weighted by molar-refractivity contribution is 5.80. The Morgan fingerprint density at radius 2 is 1.89 bits per heavy atom. The van der Waals surface area contributed by atoms with Crippen LogP contribution < -0.4 is 0 Å². The van der Waals surface area contributed by atoms with Crippen LogP contribution in [-0.2, 0) is 14.3 Å². The number of rotatable bonds is 6. The van der Waals surface area contributed by atoms with Crippen molar-refractivity contribution in [2.45, 2.75) is 52.4 Å². The summed E-state index contributed by atoms with van der Waals surface area (Å²) >= 11 is 0. The van der Waals surface area contributed by atoms with Crippen LogP contribution >= 0.6 is 0 Å². The van der Waals surface area contributed by atoms with E-state index >= 15 is 0 Å². The van der Waals surface area contributed by atoms with Gasteiger partial charge in [-0.15, -0.1) is 0 Å². The molecule has 1 aliphatic rings. The van der Waals surface area contributed by atoms with E-state index in [1.807, 2.05) is 4.90 Å². The molecule has 1 heterocycles. The fourth-order valence-electron chi connectivity index (χ4n) is 2.88. The third-order valence-electron chi connectivity index (χ3n) is 3.89. The van der Waals surface area contributed by atoms with Gasteiger partial charge in [0.05, 0.1) is 13.0 Å². The molecule has 110 valence electrons. The zero-order valence-electron chi connectivity index (χ0n) is 12.5. The Bertz CT molecular complexity index is 298. The van der Waals surface area contributed by atoms with Crippen LogP contribution in [0.15, 0.2) is 0 Å². The standard InChI is InChI=1S/C15H27NO3/c1-4-7-12(8-5-2)14(17)16-10-6-9-13(11-16)15(18)19-3/h12-13H,4-11H2,1-3H3. The molecule has 0 radical (unpaired) electrons. The number of ether oxygens (including phenoxy) is 1. The lowest BCUT2D eigenvalue weighted by molar-refractivity contribution is -0.149. The number of esters is 1. The van der Waals surface area contributed by atoms with Gasteiger partial charge in [0.2, 0.25) is 5.91 Å². The summed E-state index contributed by atoms with van der Waals surface area (Å²) in [6, 6.07) is 0. The normalized spacial score (nSPS) is 19.6. The van der Waals surface area contributed by atoms with Gasteiger partial charge in [-0.05, 0) is 25.7 Å². The van der Waals surface area contributed by atoms with E-state index in [2.05, 4.69) is 13.8 Å². The highest BCUT2D eigenvalue weighted by Crippen LogP contribution is 2.23. The number of amides is 1. The fraction of sp³-hybridized carbons (Fsp3) is 0.867. The van der Waals surface area contributed by atoms with Gasteiger partial charge in [0.15, 0.2) is 0 Å². The van der Waals surface area contributed by atoms with Crippen molar-refractivity contribution in [2.75, 3.05) is 20.2 Å². The third-order valence-corrected chi connectivity index (χ3v) is 3.89. The van der Waals surface area contributed by atoms with Crippen LogP contribution in [0.4, 0.5) is 0 Å². The van der Waals surface area contributed by atoms with E-state index in [1.54, 1.807) is 0 Å². The number of methoxy groups -OCH3 is 1. The second-order valence-corrected chi connectivity index (χ2v) is 5.42. The first-order valence-electron chi connectivity index (χ1n) is 7.50. The zero-order chi connectivity index (χ0) is 14.3. The molecule has 4 heteroatoms. The molecule has 1 amide bonds. The number of piperidine rings is 1. The molecule has 0 N–H and O–H groups in total. The molecule has 1 fully saturated rings. The molecule has 0 saturated carbocycles. The largest absolute Gasteiger partial charge is 0.469 e. The SMILES string of the molecule is CCCC(CCC)C(=O)N1CCCC(C(=O)OC)C1. The van der Waals surface area contributed by atoms with Crippen molar-refractivity contribution in [3.8, 4) is 0 Å². The molecule has 4 nitrogen and oxygen atoms in total. The van der Waals surface area contributed by atoms with Crippen LogP contribution in [0, 0.1) is 11.8 Å². The molecule has 0 spiro atoms. The lowest BCUT2D eigenvalue weighted by atomic mass is 9.93. The smallest absolute Gasteiger partial charge is 0.310 e. The van der Waals surface area contributed by atoms with Crippen molar-refractivity contribution in [1.29, 1.82) is 0 Å². The Hall–Kier alpha value is -1.06. The van der Waals surface area contributed by atoms with Crippen LogP contribution in [-0.4, -0.2) is 37.0 Å². The molecule has 1 rings (SSSR count). The van der Waals surface area contributed by atoms with Crippen molar-refractivity contribution >= 4 is 11.9 Å². The molecule has 0 aliphatic carbocycles. The molecule has 19 heavy (non-hydrogen) atoms. The summed E-state index contributed by atoms with van der Waals surface area (Å²) in [5, 5.41) is 0. The molecule has 1 saturated heterocycles. The van der Waals surface area contributed by atoms with Gasteiger partial charge in [0, 0.05) is 19.0 Å². The average Bonchev–Trinajstić information content (AvgIpc) is 2.45. The van der Waals surface area contributed by atoms with Gasteiger partial charge in [-0.2, -0.15) is 0 Å². The first-order chi connectivity index (χ1) is 9.13. The van der Waals surface area contributed by atoms with Gasteiger partial charge in [-0.1, -0.05) is 26.7 Å². The first kappa shape index (κ1) is 16.0. The maximum atomic E-state index is 12.5.